The summed E-state index contributed by atoms with van der Waals surface area (Å²) >= 11 is 6.13. The van der Waals surface area contributed by atoms with Gasteiger partial charge in [0.2, 0.25) is 0 Å². The summed E-state index contributed by atoms with van der Waals surface area (Å²) in [5.74, 6) is 0.553. The summed E-state index contributed by atoms with van der Waals surface area (Å²) in [5, 5.41) is 0.419. The van der Waals surface area contributed by atoms with Crippen LogP contribution in [0.3, 0.4) is 0 Å². The number of benzene rings is 2. The van der Waals surface area contributed by atoms with Crippen LogP contribution in [0, 0.1) is 5.82 Å². The molecule has 1 aromatic heterocycles. The number of fused-ring (bicyclic) bond motifs is 1. The summed E-state index contributed by atoms with van der Waals surface area (Å²) in [5.41, 5.74) is 8.71. The minimum absolute atomic E-state index is 0.310. The summed E-state index contributed by atoms with van der Waals surface area (Å²) in [6, 6.07) is 10.3. The highest BCUT2D eigenvalue weighted by Gasteiger charge is 2.14. The van der Waals surface area contributed by atoms with E-state index in [2.05, 4.69) is 4.98 Å². The third-order valence-electron chi connectivity index (χ3n) is 3.58. The maximum Gasteiger partial charge on any atom is 0.129 e. The molecule has 2 aromatic carbocycles. The molecule has 0 aliphatic heterocycles. The first-order valence-corrected chi connectivity index (χ1v) is 7.16. The minimum Gasteiger partial charge on any atom is -0.397 e. The van der Waals surface area contributed by atoms with E-state index in [4.69, 9.17) is 17.3 Å². The van der Waals surface area contributed by atoms with Crippen molar-refractivity contribution in [2.75, 3.05) is 5.73 Å². The lowest BCUT2D eigenvalue weighted by Crippen LogP contribution is -2.06. The fourth-order valence-corrected chi connectivity index (χ4v) is 2.73. The van der Waals surface area contributed by atoms with Crippen molar-refractivity contribution in [2.24, 2.45) is 0 Å². The maximum atomic E-state index is 14.0. The lowest BCUT2D eigenvalue weighted by atomic mass is 10.2. The van der Waals surface area contributed by atoms with Crippen molar-refractivity contribution in [2.45, 2.75) is 19.9 Å². The Kier molecular flexibility index (Phi) is 3.55. The molecule has 1 heterocycles. The second kappa shape index (κ2) is 5.37. The third kappa shape index (κ3) is 2.36. The number of nitrogens with two attached hydrogens (primary N) is 1. The van der Waals surface area contributed by atoms with Crippen molar-refractivity contribution in [1.82, 2.24) is 9.55 Å². The van der Waals surface area contributed by atoms with E-state index < -0.39 is 0 Å². The largest absolute Gasteiger partial charge is 0.397 e. The topological polar surface area (TPSA) is 43.8 Å². The molecule has 0 bridgehead atoms. The van der Waals surface area contributed by atoms with E-state index >= 15 is 0 Å². The van der Waals surface area contributed by atoms with E-state index in [9.17, 15) is 4.39 Å². The van der Waals surface area contributed by atoms with Gasteiger partial charge in [0.15, 0.2) is 0 Å². The molecule has 3 rings (SSSR count). The monoisotopic (exact) mass is 303 g/mol. The van der Waals surface area contributed by atoms with Crippen LogP contribution in [-0.2, 0) is 13.0 Å². The highest BCUT2D eigenvalue weighted by atomic mass is 35.5. The second-order valence-electron chi connectivity index (χ2n) is 4.88. The molecule has 21 heavy (non-hydrogen) atoms. The fourth-order valence-electron chi connectivity index (χ4n) is 2.50. The van der Waals surface area contributed by atoms with Gasteiger partial charge in [-0.3, -0.25) is 0 Å². The van der Waals surface area contributed by atoms with Gasteiger partial charge in [0, 0.05) is 17.0 Å². The number of hydrogen-bond acceptors (Lipinski definition) is 2. The molecular weight excluding hydrogens is 289 g/mol. The number of halogens is 2. The molecule has 0 spiro atoms. The Morgan fingerprint density at radius 1 is 1.24 bits per heavy atom. The van der Waals surface area contributed by atoms with Crippen LogP contribution in [0.15, 0.2) is 36.4 Å². The van der Waals surface area contributed by atoms with Gasteiger partial charge in [-0.15, -0.1) is 0 Å². The highest BCUT2D eigenvalue weighted by molar-refractivity contribution is 6.31. The minimum atomic E-state index is -0.310. The van der Waals surface area contributed by atoms with Gasteiger partial charge in [-0.05, 0) is 24.3 Å². The number of rotatable bonds is 3. The lowest BCUT2D eigenvalue weighted by molar-refractivity contribution is 0.598. The first-order valence-electron chi connectivity index (χ1n) is 6.78. The molecule has 108 valence electrons. The number of para-hydroxylation sites is 1. The fraction of sp³-hybridized carbons (Fsp3) is 0.188. The summed E-state index contributed by atoms with van der Waals surface area (Å²) < 4.78 is 16.0. The van der Waals surface area contributed by atoms with Crippen molar-refractivity contribution < 1.29 is 4.39 Å². The molecule has 0 aliphatic rings. The van der Waals surface area contributed by atoms with Crippen LogP contribution >= 0.6 is 11.6 Å². The van der Waals surface area contributed by atoms with Crippen LogP contribution in [0.5, 0.6) is 0 Å². The number of aryl methyl sites for hydroxylation is 1. The molecule has 3 nitrogen and oxygen atoms in total. The first kappa shape index (κ1) is 13.9. The maximum absolute atomic E-state index is 14.0. The Hall–Kier alpha value is -2.07. The molecule has 0 atom stereocenters. The molecule has 0 unspecified atom stereocenters. The molecule has 0 fully saturated rings. The predicted molar refractivity (Wildman–Crippen MR) is 84.0 cm³/mol. The van der Waals surface area contributed by atoms with Gasteiger partial charge in [0.05, 0.1) is 17.7 Å². The van der Waals surface area contributed by atoms with Crippen molar-refractivity contribution in [3.05, 3.63) is 58.6 Å². The SMILES string of the molecule is CCc1nc2c(N)cccc2n1Cc1c(F)cccc1Cl. The number of hydrogen-bond donors (Lipinski definition) is 1. The second-order valence-corrected chi connectivity index (χ2v) is 5.29. The Morgan fingerprint density at radius 2 is 2.00 bits per heavy atom. The van der Waals surface area contributed by atoms with Crippen LogP contribution in [0.4, 0.5) is 10.1 Å². The zero-order chi connectivity index (χ0) is 15.0. The van der Waals surface area contributed by atoms with Gasteiger partial charge < -0.3 is 10.3 Å². The van der Waals surface area contributed by atoms with E-state index in [1.165, 1.54) is 6.07 Å². The Bertz CT molecular complexity index is 790. The highest BCUT2D eigenvalue weighted by Crippen LogP contribution is 2.26. The standard InChI is InChI=1S/C16H15ClFN3/c1-2-15-20-16-13(19)7-4-8-14(16)21(15)9-10-11(17)5-3-6-12(10)18/h3-8H,2,9,19H2,1H3. The molecular formula is C16H15ClFN3. The van der Waals surface area contributed by atoms with Crippen LogP contribution in [-0.4, -0.2) is 9.55 Å². The molecule has 3 aromatic rings. The van der Waals surface area contributed by atoms with Gasteiger partial charge >= 0.3 is 0 Å². The number of anilines is 1. The van der Waals surface area contributed by atoms with Crippen LogP contribution in [0.1, 0.15) is 18.3 Å². The van der Waals surface area contributed by atoms with Crippen molar-refractivity contribution in [3.63, 3.8) is 0 Å². The zero-order valence-electron chi connectivity index (χ0n) is 11.6. The quantitative estimate of drug-likeness (QED) is 0.743. The van der Waals surface area contributed by atoms with Crippen molar-refractivity contribution in [3.8, 4) is 0 Å². The van der Waals surface area contributed by atoms with E-state index in [1.54, 1.807) is 12.1 Å². The molecule has 5 heteroatoms. The van der Waals surface area contributed by atoms with Crippen molar-refractivity contribution in [1.29, 1.82) is 0 Å². The zero-order valence-corrected chi connectivity index (χ0v) is 12.4. The number of aromatic nitrogens is 2. The molecule has 0 amide bonds. The van der Waals surface area contributed by atoms with Gasteiger partial charge in [-0.2, -0.15) is 0 Å². The van der Waals surface area contributed by atoms with E-state index in [0.717, 1.165) is 23.3 Å². The third-order valence-corrected chi connectivity index (χ3v) is 3.94. The van der Waals surface area contributed by atoms with E-state index in [1.807, 2.05) is 29.7 Å². The normalized spacial score (nSPS) is 11.2. The average molecular weight is 304 g/mol. The molecule has 0 aliphatic carbocycles. The van der Waals surface area contributed by atoms with Gasteiger partial charge in [0.25, 0.3) is 0 Å². The summed E-state index contributed by atoms with van der Waals surface area (Å²) in [4.78, 5) is 4.56. The lowest BCUT2D eigenvalue weighted by Gasteiger charge is -2.11. The van der Waals surface area contributed by atoms with Crippen LogP contribution in [0.25, 0.3) is 11.0 Å². The Balaban J connectivity index is 2.18. The van der Waals surface area contributed by atoms with Gasteiger partial charge in [-0.1, -0.05) is 30.7 Å². The van der Waals surface area contributed by atoms with Crippen molar-refractivity contribution >= 4 is 28.3 Å². The van der Waals surface area contributed by atoms with Gasteiger partial charge in [0.1, 0.15) is 17.2 Å². The smallest absolute Gasteiger partial charge is 0.129 e. The average Bonchev–Trinajstić information content (AvgIpc) is 2.82. The molecule has 2 N–H and O–H groups in total. The van der Waals surface area contributed by atoms with Crippen LogP contribution in [0.2, 0.25) is 5.02 Å². The van der Waals surface area contributed by atoms with Crippen LogP contribution < -0.4 is 5.73 Å². The number of nitrogen functional groups attached to an aromatic ring is 1. The molecule has 0 saturated carbocycles. The van der Waals surface area contributed by atoms with E-state index in [0.29, 0.717) is 22.8 Å². The van der Waals surface area contributed by atoms with Gasteiger partial charge in [-0.25, -0.2) is 9.37 Å². The number of nitrogens with zero attached hydrogens (tertiary/aromatic N) is 2. The predicted octanol–water partition coefficient (Wildman–Crippen LogP) is 4.02. The Labute approximate surface area is 127 Å². The summed E-state index contributed by atoms with van der Waals surface area (Å²) in [7, 11) is 0. The molecule has 0 radical (unpaired) electrons. The molecule has 0 saturated heterocycles. The van der Waals surface area contributed by atoms with E-state index in [-0.39, 0.29) is 5.82 Å². The summed E-state index contributed by atoms with van der Waals surface area (Å²) in [6.07, 6.45) is 0.736. The first-order chi connectivity index (χ1) is 10.1. The Morgan fingerprint density at radius 3 is 2.71 bits per heavy atom. The summed E-state index contributed by atoms with van der Waals surface area (Å²) in [6.45, 7) is 2.35. The number of imidazole rings is 1.